The summed E-state index contributed by atoms with van der Waals surface area (Å²) in [5.41, 5.74) is 6.69. The van der Waals surface area contributed by atoms with Crippen molar-refractivity contribution in [1.82, 2.24) is 0 Å². The summed E-state index contributed by atoms with van der Waals surface area (Å²) in [6.07, 6.45) is 0. The second-order valence-electron chi connectivity index (χ2n) is 4.25. The fourth-order valence-corrected chi connectivity index (χ4v) is 3.96. The molecule has 0 amide bonds. The lowest BCUT2D eigenvalue weighted by Gasteiger charge is -2.10. The average Bonchev–Trinajstić information content (AvgIpc) is 2.41. The van der Waals surface area contributed by atoms with E-state index in [2.05, 4.69) is 15.9 Å². The summed E-state index contributed by atoms with van der Waals surface area (Å²) < 4.78 is 30.8. The van der Waals surface area contributed by atoms with Gasteiger partial charge in [0.05, 0.1) is 23.4 Å². The van der Waals surface area contributed by atoms with E-state index in [9.17, 15) is 8.42 Å². The Balaban J connectivity index is 2.43. The predicted octanol–water partition coefficient (Wildman–Crippen LogP) is 3.01. The molecule has 0 heterocycles. The molecule has 0 saturated heterocycles. The van der Waals surface area contributed by atoms with Crippen LogP contribution in [0.5, 0.6) is 5.75 Å². The van der Waals surface area contributed by atoms with E-state index < -0.39 is 9.84 Å². The third kappa shape index (κ3) is 3.13. The van der Waals surface area contributed by atoms with Gasteiger partial charge in [-0.05, 0) is 23.8 Å². The molecule has 0 bridgehead atoms. The molecule has 20 heavy (non-hydrogen) atoms. The van der Waals surface area contributed by atoms with Crippen LogP contribution in [-0.2, 0) is 15.6 Å². The molecule has 0 atom stereocenters. The Morgan fingerprint density at radius 3 is 2.55 bits per heavy atom. The highest BCUT2D eigenvalue weighted by molar-refractivity contribution is 9.10. The van der Waals surface area contributed by atoms with Crippen molar-refractivity contribution < 1.29 is 13.2 Å². The fourth-order valence-electron chi connectivity index (χ4n) is 1.81. The molecule has 0 radical (unpaired) electrons. The van der Waals surface area contributed by atoms with Crippen LogP contribution in [0.4, 0.5) is 5.69 Å². The Morgan fingerprint density at radius 2 is 1.90 bits per heavy atom. The Labute approximate surface area is 126 Å². The zero-order chi connectivity index (χ0) is 14.8. The molecule has 2 aromatic carbocycles. The van der Waals surface area contributed by atoms with Crippen molar-refractivity contribution in [3.63, 3.8) is 0 Å². The molecule has 2 aromatic rings. The van der Waals surface area contributed by atoms with Gasteiger partial charge in [-0.15, -0.1) is 0 Å². The van der Waals surface area contributed by atoms with Crippen LogP contribution in [0.25, 0.3) is 0 Å². The smallest absolute Gasteiger partial charge is 0.184 e. The quantitative estimate of drug-likeness (QED) is 0.855. The summed E-state index contributed by atoms with van der Waals surface area (Å²) in [5, 5.41) is 0. The Hall–Kier alpha value is -1.53. The van der Waals surface area contributed by atoms with E-state index in [1.54, 1.807) is 24.3 Å². The van der Waals surface area contributed by atoms with Gasteiger partial charge in [0, 0.05) is 10.5 Å². The maximum absolute atomic E-state index is 12.5. The summed E-state index contributed by atoms with van der Waals surface area (Å²) in [7, 11) is -2.05. The minimum absolute atomic E-state index is 0.0904. The van der Waals surface area contributed by atoms with Gasteiger partial charge in [0.25, 0.3) is 0 Å². The van der Waals surface area contributed by atoms with E-state index in [0.717, 1.165) is 4.47 Å². The predicted molar refractivity (Wildman–Crippen MR) is 82.4 cm³/mol. The molecule has 0 unspecified atom stereocenters. The number of halogens is 1. The van der Waals surface area contributed by atoms with Gasteiger partial charge in [0.2, 0.25) is 0 Å². The summed E-state index contributed by atoms with van der Waals surface area (Å²) in [5.74, 6) is 0.344. The molecular formula is C14H14BrNO3S. The van der Waals surface area contributed by atoms with Gasteiger partial charge in [-0.2, -0.15) is 0 Å². The summed E-state index contributed by atoms with van der Waals surface area (Å²) in [6.45, 7) is 0. The molecule has 0 fully saturated rings. The standard InChI is InChI=1S/C14H14BrNO3S/c1-19-11-6-7-13(16)14(8-11)20(17,18)9-10-4-2-3-5-12(10)15/h2-8H,9,16H2,1H3. The van der Waals surface area contributed by atoms with Crippen LogP contribution in [0.15, 0.2) is 51.8 Å². The Bertz CT molecular complexity index is 729. The lowest BCUT2D eigenvalue weighted by Crippen LogP contribution is -2.08. The largest absolute Gasteiger partial charge is 0.497 e. The average molecular weight is 356 g/mol. The van der Waals surface area contributed by atoms with Crippen LogP contribution in [0.2, 0.25) is 0 Å². The first kappa shape index (κ1) is 14.9. The first-order valence-corrected chi connectivity index (χ1v) is 8.28. The number of benzene rings is 2. The first-order chi connectivity index (χ1) is 9.44. The van der Waals surface area contributed by atoms with Gasteiger partial charge in [-0.3, -0.25) is 0 Å². The molecule has 2 rings (SSSR count). The van der Waals surface area contributed by atoms with E-state index in [4.69, 9.17) is 10.5 Å². The lowest BCUT2D eigenvalue weighted by atomic mass is 10.2. The number of methoxy groups -OCH3 is 1. The van der Waals surface area contributed by atoms with E-state index in [-0.39, 0.29) is 16.3 Å². The minimum Gasteiger partial charge on any atom is -0.497 e. The number of rotatable bonds is 4. The van der Waals surface area contributed by atoms with E-state index in [1.165, 1.54) is 19.2 Å². The Kier molecular flexibility index (Phi) is 4.35. The van der Waals surface area contributed by atoms with Crippen LogP contribution in [0.3, 0.4) is 0 Å². The number of hydrogen-bond donors (Lipinski definition) is 1. The number of hydrogen-bond acceptors (Lipinski definition) is 4. The van der Waals surface area contributed by atoms with Crippen LogP contribution >= 0.6 is 15.9 Å². The SMILES string of the molecule is COc1ccc(N)c(S(=O)(=O)Cc2ccccc2Br)c1. The van der Waals surface area contributed by atoms with Gasteiger partial charge in [0.15, 0.2) is 9.84 Å². The molecule has 6 heteroatoms. The summed E-state index contributed by atoms with van der Waals surface area (Å²) in [4.78, 5) is 0.0904. The fraction of sp³-hybridized carbons (Fsp3) is 0.143. The van der Waals surface area contributed by atoms with Crippen molar-refractivity contribution in [2.75, 3.05) is 12.8 Å². The van der Waals surface area contributed by atoms with Crippen LogP contribution in [0.1, 0.15) is 5.56 Å². The zero-order valence-electron chi connectivity index (χ0n) is 10.8. The molecule has 0 saturated carbocycles. The summed E-state index contributed by atoms with van der Waals surface area (Å²) in [6, 6.07) is 11.8. The highest BCUT2D eigenvalue weighted by atomic mass is 79.9. The third-order valence-electron chi connectivity index (χ3n) is 2.86. The van der Waals surface area contributed by atoms with Gasteiger partial charge < -0.3 is 10.5 Å². The number of nitrogens with two attached hydrogens (primary N) is 1. The highest BCUT2D eigenvalue weighted by Gasteiger charge is 2.20. The lowest BCUT2D eigenvalue weighted by molar-refractivity contribution is 0.413. The van der Waals surface area contributed by atoms with Crippen molar-refractivity contribution in [3.05, 3.63) is 52.5 Å². The summed E-state index contributed by atoms with van der Waals surface area (Å²) >= 11 is 3.35. The highest BCUT2D eigenvalue weighted by Crippen LogP contribution is 2.28. The number of nitrogen functional groups attached to an aromatic ring is 1. The van der Waals surface area contributed by atoms with Gasteiger partial charge >= 0.3 is 0 Å². The van der Waals surface area contributed by atoms with Crippen LogP contribution in [0, 0.1) is 0 Å². The molecule has 0 spiro atoms. The Morgan fingerprint density at radius 1 is 1.20 bits per heavy atom. The minimum atomic E-state index is -3.53. The molecule has 0 aromatic heterocycles. The van der Waals surface area contributed by atoms with Gasteiger partial charge in [-0.1, -0.05) is 34.1 Å². The molecular weight excluding hydrogens is 342 g/mol. The second-order valence-corrected chi connectivity index (χ2v) is 7.07. The molecule has 0 aliphatic heterocycles. The maximum atomic E-state index is 12.5. The van der Waals surface area contributed by atoms with Gasteiger partial charge in [-0.25, -0.2) is 8.42 Å². The molecule has 2 N–H and O–H groups in total. The monoisotopic (exact) mass is 355 g/mol. The molecule has 4 nitrogen and oxygen atoms in total. The normalized spacial score (nSPS) is 11.3. The van der Waals surface area contributed by atoms with Crippen molar-refractivity contribution >= 4 is 31.5 Å². The van der Waals surface area contributed by atoms with Crippen LogP contribution in [-0.4, -0.2) is 15.5 Å². The van der Waals surface area contributed by atoms with Crippen LogP contribution < -0.4 is 10.5 Å². The second kappa shape index (κ2) is 5.85. The topological polar surface area (TPSA) is 69.4 Å². The van der Waals surface area contributed by atoms with Crippen molar-refractivity contribution in [2.45, 2.75) is 10.6 Å². The maximum Gasteiger partial charge on any atom is 0.184 e. The molecule has 106 valence electrons. The van der Waals surface area contributed by atoms with Gasteiger partial charge in [0.1, 0.15) is 5.75 Å². The van der Waals surface area contributed by atoms with E-state index >= 15 is 0 Å². The molecule has 0 aliphatic carbocycles. The number of ether oxygens (including phenoxy) is 1. The van der Waals surface area contributed by atoms with Crippen molar-refractivity contribution in [1.29, 1.82) is 0 Å². The van der Waals surface area contributed by atoms with Crippen molar-refractivity contribution in [3.8, 4) is 5.75 Å². The van der Waals surface area contributed by atoms with E-state index in [1.807, 2.05) is 6.07 Å². The van der Waals surface area contributed by atoms with E-state index in [0.29, 0.717) is 11.3 Å². The third-order valence-corrected chi connectivity index (χ3v) is 5.35. The first-order valence-electron chi connectivity index (χ1n) is 5.84. The number of anilines is 1. The van der Waals surface area contributed by atoms with Crippen molar-refractivity contribution in [2.24, 2.45) is 0 Å². The zero-order valence-corrected chi connectivity index (χ0v) is 13.2. The number of sulfone groups is 1. The molecule has 0 aliphatic rings.